The molecule has 0 N–H and O–H groups in total. The summed E-state index contributed by atoms with van der Waals surface area (Å²) >= 11 is 0. The first kappa shape index (κ1) is 7.67. The van der Waals surface area contributed by atoms with Crippen molar-refractivity contribution in [3.8, 4) is 0 Å². The summed E-state index contributed by atoms with van der Waals surface area (Å²) in [5.74, 6) is 0. The summed E-state index contributed by atoms with van der Waals surface area (Å²) in [5, 5.41) is 0. The van der Waals surface area contributed by atoms with Crippen molar-refractivity contribution >= 4 is 18.2 Å². The summed E-state index contributed by atoms with van der Waals surface area (Å²) in [4.78, 5) is 25.1. The Morgan fingerprint density at radius 1 is 1.23 bits per heavy atom. The zero-order valence-corrected chi connectivity index (χ0v) is 6.68. The number of carbonyl (C=O) groups excluding carboxylic acids is 2. The molecule has 0 bridgehead atoms. The van der Waals surface area contributed by atoms with Crippen molar-refractivity contribution in [3.63, 3.8) is 0 Å². The standard InChI is InChI=1S/C9H6N2O2/c12-5-7-8(6-13)11-4-2-1-3-9(11)10-7/h1-6H. The summed E-state index contributed by atoms with van der Waals surface area (Å²) in [6, 6.07) is 5.31. The Bertz CT molecular complexity index is 473. The van der Waals surface area contributed by atoms with Crippen LogP contribution >= 0.6 is 0 Å². The molecule has 0 saturated carbocycles. The van der Waals surface area contributed by atoms with Crippen LogP contribution in [-0.2, 0) is 0 Å². The SMILES string of the molecule is O=Cc1nc2ccccn2c1C=O. The quantitative estimate of drug-likeness (QED) is 0.637. The summed E-state index contributed by atoms with van der Waals surface area (Å²) in [6.07, 6.45) is 2.90. The molecule has 4 nitrogen and oxygen atoms in total. The number of hydrogen-bond donors (Lipinski definition) is 0. The van der Waals surface area contributed by atoms with E-state index in [1.807, 2.05) is 0 Å². The number of aldehydes is 2. The molecule has 2 aromatic rings. The van der Waals surface area contributed by atoms with Gasteiger partial charge < -0.3 is 0 Å². The Morgan fingerprint density at radius 3 is 2.77 bits per heavy atom. The molecule has 0 aliphatic carbocycles. The molecule has 13 heavy (non-hydrogen) atoms. The Labute approximate surface area is 73.8 Å². The minimum Gasteiger partial charge on any atom is -0.297 e. The van der Waals surface area contributed by atoms with Gasteiger partial charge in [-0.25, -0.2) is 4.98 Å². The first-order valence-corrected chi connectivity index (χ1v) is 3.74. The molecule has 0 spiro atoms. The van der Waals surface area contributed by atoms with Gasteiger partial charge in [0.05, 0.1) is 0 Å². The van der Waals surface area contributed by atoms with Gasteiger partial charge in [0.1, 0.15) is 17.0 Å². The van der Waals surface area contributed by atoms with Gasteiger partial charge in [-0.1, -0.05) is 6.07 Å². The molecule has 0 amide bonds. The summed E-state index contributed by atoms with van der Waals surface area (Å²) in [6.45, 7) is 0. The first-order chi connectivity index (χ1) is 6.36. The van der Waals surface area contributed by atoms with Gasteiger partial charge in [-0.15, -0.1) is 0 Å². The fraction of sp³-hybridized carbons (Fsp3) is 0. The number of carbonyl (C=O) groups is 2. The Hall–Kier alpha value is -1.97. The van der Waals surface area contributed by atoms with Crippen LogP contribution < -0.4 is 0 Å². The molecule has 0 atom stereocenters. The maximum atomic E-state index is 10.6. The van der Waals surface area contributed by atoms with Crippen LogP contribution in [0.1, 0.15) is 21.0 Å². The molecule has 2 aromatic heterocycles. The third kappa shape index (κ3) is 1.03. The van der Waals surface area contributed by atoms with Gasteiger partial charge in [0.25, 0.3) is 0 Å². The number of aromatic nitrogens is 2. The summed E-state index contributed by atoms with van der Waals surface area (Å²) in [7, 11) is 0. The van der Waals surface area contributed by atoms with Crippen molar-refractivity contribution < 1.29 is 9.59 Å². The van der Waals surface area contributed by atoms with Crippen molar-refractivity contribution in [1.82, 2.24) is 9.38 Å². The normalized spacial score (nSPS) is 10.2. The molecule has 0 unspecified atom stereocenters. The lowest BCUT2D eigenvalue weighted by Crippen LogP contribution is -1.92. The third-order valence-electron chi connectivity index (χ3n) is 1.82. The zero-order valence-electron chi connectivity index (χ0n) is 6.68. The number of nitrogens with zero attached hydrogens (tertiary/aromatic N) is 2. The number of hydrogen-bond acceptors (Lipinski definition) is 3. The average molecular weight is 174 g/mol. The molecule has 4 heteroatoms. The largest absolute Gasteiger partial charge is 0.297 e. The highest BCUT2D eigenvalue weighted by Gasteiger charge is 2.08. The lowest BCUT2D eigenvalue weighted by atomic mass is 10.4. The van der Waals surface area contributed by atoms with Crippen molar-refractivity contribution in [1.29, 1.82) is 0 Å². The summed E-state index contributed by atoms with van der Waals surface area (Å²) in [5.41, 5.74) is 1.08. The molecule has 0 aliphatic heterocycles. The van der Waals surface area contributed by atoms with E-state index in [4.69, 9.17) is 0 Å². The van der Waals surface area contributed by atoms with E-state index in [9.17, 15) is 9.59 Å². The molecule has 2 heterocycles. The maximum absolute atomic E-state index is 10.6. The molecular formula is C9H6N2O2. The molecule has 0 aliphatic rings. The van der Waals surface area contributed by atoms with E-state index >= 15 is 0 Å². The molecule has 0 aromatic carbocycles. The second kappa shape index (κ2) is 2.82. The van der Waals surface area contributed by atoms with Crippen LogP contribution in [-0.4, -0.2) is 22.0 Å². The van der Waals surface area contributed by atoms with Gasteiger partial charge in [-0.05, 0) is 12.1 Å². The fourth-order valence-electron chi connectivity index (χ4n) is 1.24. The van der Waals surface area contributed by atoms with Crippen LogP contribution in [0.4, 0.5) is 0 Å². The van der Waals surface area contributed by atoms with Crippen LogP contribution in [0.15, 0.2) is 24.4 Å². The van der Waals surface area contributed by atoms with E-state index in [2.05, 4.69) is 4.98 Å². The molecular weight excluding hydrogens is 168 g/mol. The number of pyridine rings is 1. The zero-order chi connectivity index (χ0) is 9.26. The van der Waals surface area contributed by atoms with Crippen molar-refractivity contribution in [2.75, 3.05) is 0 Å². The second-order valence-electron chi connectivity index (χ2n) is 2.55. The van der Waals surface area contributed by atoms with Crippen molar-refractivity contribution in [3.05, 3.63) is 35.8 Å². The van der Waals surface area contributed by atoms with Crippen LogP contribution in [0.5, 0.6) is 0 Å². The van der Waals surface area contributed by atoms with E-state index in [1.165, 1.54) is 0 Å². The van der Waals surface area contributed by atoms with E-state index < -0.39 is 0 Å². The van der Waals surface area contributed by atoms with Gasteiger partial charge in [0, 0.05) is 6.20 Å². The number of imidazole rings is 1. The highest BCUT2D eigenvalue weighted by Crippen LogP contribution is 2.08. The highest BCUT2D eigenvalue weighted by molar-refractivity contribution is 5.88. The predicted molar refractivity (Wildman–Crippen MR) is 46.0 cm³/mol. The van der Waals surface area contributed by atoms with Gasteiger partial charge in [0.2, 0.25) is 0 Å². The van der Waals surface area contributed by atoms with Gasteiger partial charge >= 0.3 is 0 Å². The summed E-state index contributed by atoms with van der Waals surface area (Å²) < 4.78 is 1.58. The molecule has 64 valence electrons. The predicted octanol–water partition coefficient (Wildman–Crippen LogP) is 0.959. The lowest BCUT2D eigenvalue weighted by molar-refractivity contribution is 0.109. The Morgan fingerprint density at radius 2 is 2.08 bits per heavy atom. The monoisotopic (exact) mass is 174 g/mol. The van der Waals surface area contributed by atoms with Gasteiger partial charge in [0.15, 0.2) is 12.6 Å². The van der Waals surface area contributed by atoms with E-state index in [-0.39, 0.29) is 5.69 Å². The molecule has 0 fully saturated rings. The van der Waals surface area contributed by atoms with Gasteiger partial charge in [-0.3, -0.25) is 14.0 Å². The number of rotatable bonds is 2. The minimum atomic E-state index is 0.182. The van der Waals surface area contributed by atoms with Crippen LogP contribution in [0.3, 0.4) is 0 Å². The topological polar surface area (TPSA) is 51.4 Å². The Kier molecular flexibility index (Phi) is 1.66. The van der Waals surface area contributed by atoms with Crippen molar-refractivity contribution in [2.24, 2.45) is 0 Å². The second-order valence-corrected chi connectivity index (χ2v) is 2.55. The highest BCUT2D eigenvalue weighted by atomic mass is 16.1. The lowest BCUT2D eigenvalue weighted by Gasteiger charge is -1.91. The van der Waals surface area contributed by atoms with E-state index in [0.29, 0.717) is 23.9 Å². The molecule has 0 radical (unpaired) electrons. The fourth-order valence-corrected chi connectivity index (χ4v) is 1.24. The van der Waals surface area contributed by atoms with Crippen molar-refractivity contribution in [2.45, 2.75) is 0 Å². The van der Waals surface area contributed by atoms with Crippen LogP contribution in [0.25, 0.3) is 5.65 Å². The van der Waals surface area contributed by atoms with E-state index in [0.717, 1.165) is 0 Å². The minimum absolute atomic E-state index is 0.182. The third-order valence-corrected chi connectivity index (χ3v) is 1.82. The Balaban J connectivity index is 2.88. The maximum Gasteiger partial charge on any atom is 0.170 e. The van der Waals surface area contributed by atoms with Crippen LogP contribution in [0, 0.1) is 0 Å². The van der Waals surface area contributed by atoms with E-state index in [1.54, 1.807) is 28.8 Å². The smallest absolute Gasteiger partial charge is 0.170 e. The van der Waals surface area contributed by atoms with Gasteiger partial charge in [-0.2, -0.15) is 0 Å². The number of fused-ring (bicyclic) bond motifs is 1. The first-order valence-electron chi connectivity index (χ1n) is 3.74. The average Bonchev–Trinajstić information content (AvgIpc) is 2.55. The molecule has 0 saturated heterocycles. The molecule has 2 rings (SSSR count). The van der Waals surface area contributed by atoms with Crippen LogP contribution in [0.2, 0.25) is 0 Å².